The van der Waals surface area contributed by atoms with Gasteiger partial charge in [0.15, 0.2) is 5.78 Å². The molecule has 0 atom stereocenters. The van der Waals surface area contributed by atoms with Crippen molar-refractivity contribution in [2.24, 2.45) is 5.41 Å². The van der Waals surface area contributed by atoms with Gasteiger partial charge in [-0.25, -0.2) is 0 Å². The number of allylic oxidation sites excluding steroid dienone is 1. The van der Waals surface area contributed by atoms with Crippen LogP contribution in [-0.2, 0) is 11.3 Å². The van der Waals surface area contributed by atoms with Crippen molar-refractivity contribution in [1.82, 2.24) is 9.78 Å². The van der Waals surface area contributed by atoms with Crippen molar-refractivity contribution in [3.63, 3.8) is 0 Å². The average Bonchev–Trinajstić information content (AvgIpc) is 2.74. The largest absolute Gasteiger partial charge is 0.497 e. The summed E-state index contributed by atoms with van der Waals surface area (Å²) >= 11 is 0. The van der Waals surface area contributed by atoms with Crippen molar-refractivity contribution in [2.75, 3.05) is 7.11 Å². The Hall–Kier alpha value is -2.10. The first-order valence-corrected chi connectivity index (χ1v) is 7.45. The maximum absolute atomic E-state index is 12.4. The quantitative estimate of drug-likeness (QED) is 0.854. The molecule has 0 saturated heterocycles. The lowest BCUT2D eigenvalue weighted by Gasteiger charge is -2.16. The van der Waals surface area contributed by atoms with Gasteiger partial charge >= 0.3 is 0 Å². The number of rotatable bonds is 4. The minimum absolute atomic E-state index is 0.156. The van der Waals surface area contributed by atoms with Gasteiger partial charge in [0.2, 0.25) is 0 Å². The third-order valence-corrected chi connectivity index (χ3v) is 3.54. The molecule has 0 fully saturated rings. The predicted octanol–water partition coefficient (Wildman–Crippen LogP) is 4.08. The Labute approximate surface area is 131 Å². The molecule has 0 unspecified atom stereocenters. The number of hydrogen-bond acceptors (Lipinski definition) is 3. The van der Waals surface area contributed by atoms with Gasteiger partial charge in [-0.3, -0.25) is 9.48 Å². The van der Waals surface area contributed by atoms with E-state index in [1.165, 1.54) is 5.57 Å². The summed E-state index contributed by atoms with van der Waals surface area (Å²) in [4.78, 5) is 12.4. The number of Topliss-reactive ketones (excluding diaryl/α,β-unsaturated/α-hetero) is 1. The Morgan fingerprint density at radius 3 is 2.55 bits per heavy atom. The summed E-state index contributed by atoms with van der Waals surface area (Å²) < 4.78 is 7.08. The highest BCUT2D eigenvalue weighted by Gasteiger charge is 2.23. The number of carbonyl (C=O) groups excluding carboxylic acids is 1. The lowest BCUT2D eigenvalue weighted by atomic mass is 9.91. The molecule has 2 rings (SSSR count). The van der Waals surface area contributed by atoms with Gasteiger partial charge in [0.1, 0.15) is 12.3 Å². The van der Waals surface area contributed by atoms with Crippen LogP contribution in [0.1, 0.15) is 40.3 Å². The number of carbonyl (C=O) groups is 1. The van der Waals surface area contributed by atoms with Gasteiger partial charge in [-0.15, -0.1) is 0 Å². The van der Waals surface area contributed by atoms with E-state index in [0.29, 0.717) is 0 Å². The average molecular weight is 300 g/mol. The molecule has 1 heterocycles. The Balaban J connectivity index is 2.57. The normalized spacial score (nSPS) is 11.5. The molecule has 0 amide bonds. The molecular weight excluding hydrogens is 276 g/mol. The second-order valence-electron chi connectivity index (χ2n) is 6.82. The number of aromatic nitrogens is 2. The van der Waals surface area contributed by atoms with Crippen LogP contribution in [0.25, 0.3) is 17.0 Å². The maximum atomic E-state index is 12.4. The number of hydrogen-bond donors (Lipinski definition) is 0. The molecule has 1 aromatic carbocycles. The fourth-order valence-electron chi connectivity index (χ4n) is 2.18. The number of methoxy groups -OCH3 is 1. The molecule has 118 valence electrons. The van der Waals surface area contributed by atoms with Gasteiger partial charge in [-0.05, 0) is 32.1 Å². The molecule has 0 saturated carbocycles. The molecule has 2 aromatic rings. The Morgan fingerprint density at radius 2 is 2.00 bits per heavy atom. The third-order valence-electron chi connectivity index (χ3n) is 3.54. The first kappa shape index (κ1) is 16.3. The van der Waals surface area contributed by atoms with Crippen LogP contribution in [0.5, 0.6) is 5.75 Å². The van der Waals surface area contributed by atoms with Gasteiger partial charge in [0.05, 0.1) is 18.3 Å². The van der Waals surface area contributed by atoms with Crippen LogP contribution in [0.3, 0.4) is 0 Å². The van der Waals surface area contributed by atoms with E-state index >= 15 is 0 Å². The number of ketones is 1. The molecule has 0 radical (unpaired) electrons. The summed E-state index contributed by atoms with van der Waals surface area (Å²) in [5.74, 6) is 0.920. The van der Waals surface area contributed by atoms with Crippen LogP contribution in [0.15, 0.2) is 23.8 Å². The topological polar surface area (TPSA) is 44.1 Å². The summed E-state index contributed by atoms with van der Waals surface area (Å²) in [6, 6.07) is 5.84. The lowest BCUT2D eigenvalue weighted by Crippen LogP contribution is -2.25. The van der Waals surface area contributed by atoms with Crippen molar-refractivity contribution in [3.05, 3.63) is 29.5 Å². The smallest absolute Gasteiger partial charge is 0.159 e. The summed E-state index contributed by atoms with van der Waals surface area (Å²) in [6.07, 6.45) is 2.03. The highest BCUT2D eigenvalue weighted by atomic mass is 16.5. The van der Waals surface area contributed by atoms with Crippen molar-refractivity contribution in [1.29, 1.82) is 0 Å². The molecule has 0 spiro atoms. The van der Waals surface area contributed by atoms with E-state index in [-0.39, 0.29) is 17.7 Å². The molecule has 0 aliphatic rings. The lowest BCUT2D eigenvalue weighted by molar-refractivity contribution is -0.127. The molecule has 4 nitrogen and oxygen atoms in total. The van der Waals surface area contributed by atoms with Crippen molar-refractivity contribution < 1.29 is 9.53 Å². The monoisotopic (exact) mass is 300 g/mol. The van der Waals surface area contributed by atoms with Crippen LogP contribution < -0.4 is 4.74 Å². The minimum atomic E-state index is -0.381. The van der Waals surface area contributed by atoms with Crippen molar-refractivity contribution in [2.45, 2.75) is 41.2 Å². The molecule has 0 aliphatic carbocycles. The zero-order valence-electron chi connectivity index (χ0n) is 14.2. The first-order chi connectivity index (χ1) is 10.2. The summed E-state index contributed by atoms with van der Waals surface area (Å²) in [5, 5.41) is 5.65. The molecule has 0 aliphatic heterocycles. The van der Waals surface area contributed by atoms with Crippen LogP contribution in [0.2, 0.25) is 0 Å². The van der Waals surface area contributed by atoms with E-state index in [0.717, 1.165) is 22.3 Å². The standard InChI is InChI=1S/C18H24N2O2/c1-12(2)9-15-14-8-7-13(22-6)10-16(14)20(19-15)11-17(21)18(3,4)5/h7-10H,11H2,1-6H3. The highest BCUT2D eigenvalue weighted by molar-refractivity contribution is 5.90. The van der Waals surface area contributed by atoms with Crippen molar-refractivity contribution in [3.8, 4) is 5.75 Å². The molecule has 0 bridgehead atoms. The van der Waals surface area contributed by atoms with Gasteiger partial charge in [0, 0.05) is 16.9 Å². The zero-order valence-corrected chi connectivity index (χ0v) is 14.2. The third kappa shape index (κ3) is 3.38. The van der Waals surface area contributed by atoms with E-state index in [2.05, 4.69) is 5.10 Å². The SMILES string of the molecule is COc1ccc2c(C=C(C)C)nn(CC(=O)C(C)(C)C)c2c1. The molecular formula is C18H24N2O2. The number of ether oxygens (including phenoxy) is 1. The Morgan fingerprint density at radius 1 is 1.32 bits per heavy atom. The second kappa shape index (κ2) is 5.95. The molecule has 1 aromatic heterocycles. The van der Waals surface area contributed by atoms with E-state index < -0.39 is 0 Å². The Kier molecular flexibility index (Phi) is 4.40. The summed E-state index contributed by atoms with van der Waals surface area (Å²) in [6.45, 7) is 10.1. The summed E-state index contributed by atoms with van der Waals surface area (Å²) in [7, 11) is 1.64. The van der Waals surface area contributed by atoms with Crippen molar-refractivity contribution >= 4 is 22.8 Å². The van der Waals surface area contributed by atoms with Gasteiger partial charge in [-0.1, -0.05) is 26.3 Å². The first-order valence-electron chi connectivity index (χ1n) is 7.45. The van der Waals surface area contributed by atoms with E-state index in [1.807, 2.05) is 58.9 Å². The van der Waals surface area contributed by atoms with E-state index in [1.54, 1.807) is 11.8 Å². The fourth-order valence-corrected chi connectivity index (χ4v) is 2.18. The van der Waals surface area contributed by atoms with Crippen LogP contribution in [0, 0.1) is 5.41 Å². The molecule has 0 N–H and O–H groups in total. The van der Waals surface area contributed by atoms with Gasteiger partial charge in [0.25, 0.3) is 0 Å². The van der Waals surface area contributed by atoms with Crippen LogP contribution in [0.4, 0.5) is 0 Å². The highest BCUT2D eigenvalue weighted by Crippen LogP contribution is 2.26. The minimum Gasteiger partial charge on any atom is -0.497 e. The van der Waals surface area contributed by atoms with E-state index in [4.69, 9.17) is 4.74 Å². The molecule has 22 heavy (non-hydrogen) atoms. The molecule has 4 heteroatoms. The number of nitrogens with zero attached hydrogens (tertiary/aromatic N) is 2. The Bertz CT molecular complexity index is 729. The van der Waals surface area contributed by atoms with Gasteiger partial charge in [-0.2, -0.15) is 5.10 Å². The van der Waals surface area contributed by atoms with Gasteiger partial charge < -0.3 is 4.74 Å². The number of benzene rings is 1. The fraction of sp³-hybridized carbons (Fsp3) is 0.444. The predicted molar refractivity (Wildman–Crippen MR) is 90.1 cm³/mol. The summed E-state index contributed by atoms with van der Waals surface area (Å²) in [5.41, 5.74) is 2.60. The second-order valence-corrected chi connectivity index (χ2v) is 6.82. The van der Waals surface area contributed by atoms with Crippen LogP contribution >= 0.6 is 0 Å². The van der Waals surface area contributed by atoms with E-state index in [9.17, 15) is 4.79 Å². The maximum Gasteiger partial charge on any atom is 0.159 e. The zero-order chi connectivity index (χ0) is 16.5. The van der Waals surface area contributed by atoms with Crippen LogP contribution in [-0.4, -0.2) is 22.7 Å². The number of fused-ring (bicyclic) bond motifs is 1.